The number of halogens is 3. The van der Waals surface area contributed by atoms with E-state index in [4.69, 9.17) is 0 Å². The highest BCUT2D eigenvalue weighted by Crippen LogP contribution is 2.27. The highest BCUT2D eigenvalue weighted by Gasteiger charge is 2.16. The van der Waals surface area contributed by atoms with E-state index in [0.717, 1.165) is 10.0 Å². The smallest absolute Gasteiger partial charge is 0.127 e. The first-order valence-corrected chi connectivity index (χ1v) is 8.26. The molecule has 0 bridgehead atoms. The number of rotatable bonds is 4. The van der Waals surface area contributed by atoms with Crippen molar-refractivity contribution in [2.24, 2.45) is 0 Å². The molecule has 0 heterocycles. The lowest BCUT2D eigenvalue weighted by Crippen LogP contribution is -2.20. The molecule has 20 heavy (non-hydrogen) atoms. The lowest BCUT2D eigenvalue weighted by Gasteiger charge is -2.19. The summed E-state index contributed by atoms with van der Waals surface area (Å²) in [7, 11) is 1.92. The molecule has 0 aromatic heterocycles. The molecule has 0 aliphatic rings. The van der Waals surface area contributed by atoms with E-state index in [0.29, 0.717) is 6.42 Å². The van der Waals surface area contributed by atoms with Crippen molar-refractivity contribution in [1.29, 1.82) is 0 Å². The molecule has 1 nitrogen and oxygen atoms in total. The number of hydrogen-bond donors (Lipinski definition) is 1. The molecule has 1 atom stereocenters. The van der Waals surface area contributed by atoms with Gasteiger partial charge in [0, 0.05) is 14.1 Å². The molecule has 0 saturated heterocycles. The molecule has 4 heteroatoms. The van der Waals surface area contributed by atoms with Crippen molar-refractivity contribution >= 4 is 38.5 Å². The van der Waals surface area contributed by atoms with Crippen molar-refractivity contribution in [3.8, 4) is 0 Å². The fourth-order valence-corrected chi connectivity index (χ4v) is 3.28. The van der Waals surface area contributed by atoms with Gasteiger partial charge in [-0.05, 0) is 71.8 Å². The molecular formula is C16H16BrFIN. The van der Waals surface area contributed by atoms with Crippen LogP contribution in [0.4, 0.5) is 4.39 Å². The van der Waals surface area contributed by atoms with Crippen LogP contribution in [0.5, 0.6) is 0 Å². The zero-order valence-corrected chi connectivity index (χ0v) is 15.1. The molecule has 2 aromatic carbocycles. The molecule has 1 unspecified atom stereocenters. The molecule has 0 fully saturated rings. The first kappa shape index (κ1) is 15.9. The van der Waals surface area contributed by atoms with Gasteiger partial charge in [0.05, 0.1) is 0 Å². The normalized spacial score (nSPS) is 12.4. The minimum atomic E-state index is -0.165. The van der Waals surface area contributed by atoms with Gasteiger partial charge in [-0.25, -0.2) is 4.39 Å². The quantitative estimate of drug-likeness (QED) is 0.650. The highest BCUT2D eigenvalue weighted by atomic mass is 127. The van der Waals surface area contributed by atoms with E-state index in [1.807, 2.05) is 19.2 Å². The SMILES string of the molecule is CNC(Cc1ccc(Br)cc1F)c1cccc(C)c1I. The number of likely N-dealkylation sites (N-methyl/N-ethyl adjacent to an activating group) is 1. The van der Waals surface area contributed by atoms with E-state index in [9.17, 15) is 4.39 Å². The van der Waals surface area contributed by atoms with Crippen molar-refractivity contribution in [1.82, 2.24) is 5.32 Å². The third kappa shape index (κ3) is 3.59. The second-order valence-electron chi connectivity index (χ2n) is 4.76. The van der Waals surface area contributed by atoms with Gasteiger partial charge >= 0.3 is 0 Å². The van der Waals surface area contributed by atoms with Gasteiger partial charge in [0.1, 0.15) is 5.82 Å². The summed E-state index contributed by atoms with van der Waals surface area (Å²) >= 11 is 5.65. The van der Waals surface area contributed by atoms with Gasteiger partial charge in [-0.15, -0.1) is 0 Å². The van der Waals surface area contributed by atoms with Gasteiger partial charge in [-0.3, -0.25) is 0 Å². The lowest BCUT2D eigenvalue weighted by molar-refractivity contribution is 0.552. The monoisotopic (exact) mass is 447 g/mol. The second-order valence-corrected chi connectivity index (χ2v) is 6.75. The molecule has 0 spiro atoms. The van der Waals surface area contributed by atoms with Gasteiger partial charge in [0.15, 0.2) is 0 Å². The largest absolute Gasteiger partial charge is 0.313 e. The van der Waals surface area contributed by atoms with Crippen molar-refractivity contribution in [2.45, 2.75) is 19.4 Å². The Morgan fingerprint density at radius 3 is 2.70 bits per heavy atom. The van der Waals surface area contributed by atoms with Crippen LogP contribution in [0.2, 0.25) is 0 Å². The Bertz CT molecular complexity index is 615. The number of benzene rings is 2. The molecule has 0 saturated carbocycles. The average Bonchev–Trinajstić information content (AvgIpc) is 2.42. The summed E-state index contributed by atoms with van der Waals surface area (Å²) in [6.45, 7) is 2.10. The van der Waals surface area contributed by atoms with Gasteiger partial charge in [0.2, 0.25) is 0 Å². The first-order chi connectivity index (χ1) is 9.52. The maximum atomic E-state index is 14.0. The third-order valence-corrected chi connectivity index (χ3v) is 5.35. The van der Waals surface area contributed by atoms with E-state index in [-0.39, 0.29) is 11.9 Å². The summed E-state index contributed by atoms with van der Waals surface area (Å²) in [5.74, 6) is -0.165. The Labute approximate surface area is 141 Å². The highest BCUT2D eigenvalue weighted by molar-refractivity contribution is 14.1. The van der Waals surface area contributed by atoms with Crippen LogP contribution in [-0.2, 0) is 6.42 Å². The van der Waals surface area contributed by atoms with Crippen LogP contribution >= 0.6 is 38.5 Å². The van der Waals surface area contributed by atoms with Crippen LogP contribution in [0.1, 0.15) is 22.7 Å². The maximum absolute atomic E-state index is 14.0. The summed E-state index contributed by atoms with van der Waals surface area (Å²) in [6, 6.07) is 11.6. The minimum absolute atomic E-state index is 0.109. The third-order valence-electron chi connectivity index (χ3n) is 3.38. The average molecular weight is 448 g/mol. The molecule has 1 N–H and O–H groups in total. The van der Waals surface area contributed by atoms with Crippen LogP contribution in [-0.4, -0.2) is 7.05 Å². The summed E-state index contributed by atoms with van der Waals surface area (Å²) in [5.41, 5.74) is 3.19. The van der Waals surface area contributed by atoms with E-state index >= 15 is 0 Å². The standard InChI is InChI=1S/C16H16BrFIN/c1-10-4-3-5-13(16(10)19)15(20-2)8-11-6-7-12(17)9-14(11)18/h3-7,9,15,20H,8H2,1-2H3. The van der Waals surface area contributed by atoms with E-state index in [1.54, 1.807) is 0 Å². The Morgan fingerprint density at radius 2 is 2.05 bits per heavy atom. The Morgan fingerprint density at radius 1 is 1.30 bits per heavy atom. The molecule has 0 radical (unpaired) electrons. The van der Waals surface area contributed by atoms with Crippen molar-refractivity contribution in [3.05, 3.63) is 66.9 Å². The van der Waals surface area contributed by atoms with Crippen molar-refractivity contribution in [2.75, 3.05) is 7.05 Å². The summed E-state index contributed by atoms with van der Waals surface area (Å²) in [6.07, 6.45) is 0.634. The molecule has 0 amide bonds. The van der Waals surface area contributed by atoms with Crippen LogP contribution in [0, 0.1) is 16.3 Å². The minimum Gasteiger partial charge on any atom is -0.313 e. The van der Waals surface area contributed by atoms with Gasteiger partial charge < -0.3 is 5.32 Å². The number of hydrogen-bond acceptors (Lipinski definition) is 1. The predicted octanol–water partition coefficient (Wildman–Crippen LogP) is 5.00. The maximum Gasteiger partial charge on any atom is 0.127 e. The van der Waals surface area contributed by atoms with Crippen LogP contribution in [0.15, 0.2) is 40.9 Å². The summed E-state index contributed by atoms with van der Waals surface area (Å²) in [4.78, 5) is 0. The number of aryl methyl sites for hydroxylation is 1. The zero-order valence-electron chi connectivity index (χ0n) is 11.4. The zero-order chi connectivity index (χ0) is 14.7. The molecule has 0 aliphatic heterocycles. The predicted molar refractivity (Wildman–Crippen MR) is 93.5 cm³/mol. The topological polar surface area (TPSA) is 12.0 Å². The summed E-state index contributed by atoms with van der Waals surface area (Å²) < 4.78 is 16.0. The Kier molecular flexibility index (Phi) is 5.57. The van der Waals surface area contributed by atoms with Gasteiger partial charge in [-0.1, -0.05) is 40.2 Å². The van der Waals surface area contributed by atoms with E-state index < -0.39 is 0 Å². The van der Waals surface area contributed by atoms with Gasteiger partial charge in [-0.2, -0.15) is 0 Å². The van der Waals surface area contributed by atoms with Crippen molar-refractivity contribution < 1.29 is 4.39 Å². The summed E-state index contributed by atoms with van der Waals surface area (Å²) in [5, 5.41) is 3.29. The second kappa shape index (κ2) is 7.00. The molecule has 2 aromatic rings. The number of nitrogens with one attached hydrogen (secondary N) is 1. The van der Waals surface area contributed by atoms with Crippen LogP contribution in [0.25, 0.3) is 0 Å². The van der Waals surface area contributed by atoms with Crippen LogP contribution in [0.3, 0.4) is 0 Å². The molecule has 2 rings (SSSR count). The Balaban J connectivity index is 2.31. The molecule has 106 valence electrons. The first-order valence-electron chi connectivity index (χ1n) is 6.39. The van der Waals surface area contributed by atoms with E-state index in [2.05, 4.69) is 69.0 Å². The van der Waals surface area contributed by atoms with Crippen molar-refractivity contribution in [3.63, 3.8) is 0 Å². The van der Waals surface area contributed by atoms with Gasteiger partial charge in [0.25, 0.3) is 0 Å². The van der Waals surface area contributed by atoms with Crippen LogP contribution < -0.4 is 5.32 Å². The van der Waals surface area contributed by atoms with E-state index in [1.165, 1.54) is 20.8 Å². The fourth-order valence-electron chi connectivity index (χ4n) is 2.21. The lowest BCUT2D eigenvalue weighted by atomic mass is 9.97. The molecular weight excluding hydrogens is 432 g/mol. The Hall–Kier alpha value is -0.460. The fraction of sp³-hybridized carbons (Fsp3) is 0.250. The molecule has 0 aliphatic carbocycles.